The van der Waals surface area contributed by atoms with E-state index in [1.54, 1.807) is 18.2 Å². The van der Waals surface area contributed by atoms with E-state index in [9.17, 15) is 14.9 Å². The van der Waals surface area contributed by atoms with Gasteiger partial charge in [-0.1, -0.05) is 30.3 Å². The molecule has 4 rings (SSSR count). The summed E-state index contributed by atoms with van der Waals surface area (Å²) >= 11 is 1.37. The largest absolute Gasteiger partial charge is 0.457 e. The second-order valence-electron chi connectivity index (χ2n) is 7.17. The first-order chi connectivity index (χ1) is 15.6. The molecule has 0 aliphatic heterocycles. The number of aryl methyl sites for hydroxylation is 1. The van der Waals surface area contributed by atoms with Crippen LogP contribution in [-0.2, 0) is 22.4 Å². The van der Waals surface area contributed by atoms with Gasteiger partial charge >= 0.3 is 11.8 Å². The fraction of sp³-hybridized carbons (Fsp3) is 0.167. The third-order valence-electron chi connectivity index (χ3n) is 4.93. The maximum atomic E-state index is 12.3. The van der Waals surface area contributed by atoms with Crippen LogP contribution in [0.4, 0.5) is 5.00 Å². The first kappa shape index (κ1) is 21.3. The van der Waals surface area contributed by atoms with E-state index in [0.717, 1.165) is 36.1 Å². The molecule has 1 aromatic heterocycles. The SMILES string of the molecule is N#Cc1c(NC(=O)C(=O)N/N=C\c2cccc(Oc3ccccc3)c2)sc2c1CCCC2. The second-order valence-corrected chi connectivity index (χ2v) is 8.27. The summed E-state index contributed by atoms with van der Waals surface area (Å²) in [6.07, 6.45) is 5.24. The van der Waals surface area contributed by atoms with E-state index < -0.39 is 11.8 Å². The highest BCUT2D eigenvalue weighted by Crippen LogP contribution is 2.37. The number of nitrogens with one attached hydrogen (secondary N) is 2. The van der Waals surface area contributed by atoms with Crippen LogP contribution in [0.3, 0.4) is 0 Å². The van der Waals surface area contributed by atoms with Crippen molar-refractivity contribution < 1.29 is 14.3 Å². The van der Waals surface area contributed by atoms with E-state index in [0.29, 0.717) is 27.6 Å². The predicted octanol–water partition coefficient (Wildman–Crippen LogP) is 4.38. The molecule has 0 bridgehead atoms. The predicted molar refractivity (Wildman–Crippen MR) is 123 cm³/mol. The van der Waals surface area contributed by atoms with Crippen LogP contribution in [0.5, 0.6) is 11.5 Å². The van der Waals surface area contributed by atoms with Crippen molar-refractivity contribution in [2.75, 3.05) is 5.32 Å². The van der Waals surface area contributed by atoms with Crippen LogP contribution in [-0.4, -0.2) is 18.0 Å². The molecule has 0 saturated heterocycles. The van der Waals surface area contributed by atoms with Gasteiger partial charge in [-0.2, -0.15) is 10.4 Å². The van der Waals surface area contributed by atoms with Crippen molar-refractivity contribution in [3.8, 4) is 17.6 Å². The number of hydrogen-bond acceptors (Lipinski definition) is 6. The minimum atomic E-state index is -0.909. The highest BCUT2D eigenvalue weighted by molar-refractivity contribution is 7.16. The van der Waals surface area contributed by atoms with Crippen LogP contribution in [0.1, 0.15) is 34.4 Å². The molecule has 1 aliphatic rings. The summed E-state index contributed by atoms with van der Waals surface area (Å²) in [6.45, 7) is 0. The average molecular weight is 445 g/mol. The second kappa shape index (κ2) is 9.90. The number of ether oxygens (including phenoxy) is 1. The summed E-state index contributed by atoms with van der Waals surface area (Å²) in [4.78, 5) is 25.5. The van der Waals surface area contributed by atoms with Crippen LogP contribution in [0.25, 0.3) is 0 Å². The number of carbonyl (C=O) groups is 2. The smallest absolute Gasteiger partial charge is 0.329 e. The average Bonchev–Trinajstić information content (AvgIpc) is 3.16. The van der Waals surface area contributed by atoms with Crippen LogP contribution >= 0.6 is 11.3 Å². The molecular formula is C24H20N4O3S. The lowest BCUT2D eigenvalue weighted by Crippen LogP contribution is -2.32. The van der Waals surface area contributed by atoms with Gasteiger partial charge in [0.05, 0.1) is 11.8 Å². The van der Waals surface area contributed by atoms with E-state index in [1.165, 1.54) is 17.6 Å². The van der Waals surface area contributed by atoms with Crippen molar-refractivity contribution in [2.24, 2.45) is 5.10 Å². The molecular weight excluding hydrogens is 424 g/mol. The lowest BCUT2D eigenvalue weighted by Gasteiger charge is -2.09. The number of fused-ring (bicyclic) bond motifs is 1. The number of hydrogen-bond donors (Lipinski definition) is 2. The summed E-state index contributed by atoms with van der Waals surface area (Å²) in [6, 6.07) is 18.7. The zero-order valence-electron chi connectivity index (χ0n) is 17.1. The van der Waals surface area contributed by atoms with Crippen molar-refractivity contribution in [2.45, 2.75) is 25.7 Å². The quantitative estimate of drug-likeness (QED) is 0.346. The summed E-state index contributed by atoms with van der Waals surface area (Å²) in [5.74, 6) is -0.444. The number of amides is 2. The number of hydrazone groups is 1. The van der Waals surface area contributed by atoms with Crippen molar-refractivity contribution in [1.82, 2.24) is 5.43 Å². The van der Waals surface area contributed by atoms with Crippen molar-refractivity contribution in [3.63, 3.8) is 0 Å². The number of thiophene rings is 1. The van der Waals surface area contributed by atoms with E-state index >= 15 is 0 Å². The molecule has 0 spiro atoms. The molecule has 8 heteroatoms. The van der Waals surface area contributed by atoms with E-state index in [4.69, 9.17) is 4.74 Å². The molecule has 2 aromatic carbocycles. The van der Waals surface area contributed by atoms with Gasteiger partial charge in [0.2, 0.25) is 0 Å². The molecule has 160 valence electrons. The molecule has 2 amide bonds. The number of rotatable bonds is 5. The first-order valence-corrected chi connectivity index (χ1v) is 11.0. The van der Waals surface area contributed by atoms with Gasteiger partial charge in [-0.15, -0.1) is 11.3 Å². The fourth-order valence-corrected chi connectivity index (χ4v) is 4.67. The van der Waals surface area contributed by atoms with Crippen LogP contribution in [0.15, 0.2) is 59.7 Å². The third kappa shape index (κ3) is 5.02. The Bertz CT molecular complexity index is 1210. The standard InChI is InChI=1S/C24H20N4O3S/c25-14-20-19-11-4-5-12-21(19)32-24(20)27-22(29)23(30)28-26-15-16-7-6-10-18(13-16)31-17-8-2-1-3-9-17/h1-3,6-10,13,15H,4-5,11-12H2,(H,27,29)(H,28,30)/b26-15-. The number of carbonyl (C=O) groups excluding carboxylic acids is 2. The molecule has 0 fully saturated rings. The Balaban J connectivity index is 1.36. The van der Waals surface area contributed by atoms with Gasteiger partial charge < -0.3 is 10.1 Å². The maximum Gasteiger partial charge on any atom is 0.329 e. The molecule has 1 heterocycles. The molecule has 0 saturated carbocycles. The number of anilines is 1. The normalized spacial score (nSPS) is 12.6. The van der Waals surface area contributed by atoms with Gasteiger partial charge in [-0.25, -0.2) is 5.43 Å². The highest BCUT2D eigenvalue weighted by Gasteiger charge is 2.23. The highest BCUT2D eigenvalue weighted by atomic mass is 32.1. The van der Waals surface area contributed by atoms with Crippen molar-refractivity contribution in [1.29, 1.82) is 5.26 Å². The van der Waals surface area contributed by atoms with Gasteiger partial charge in [0.1, 0.15) is 22.6 Å². The summed E-state index contributed by atoms with van der Waals surface area (Å²) in [5, 5.41) is 16.3. The number of nitriles is 1. The zero-order chi connectivity index (χ0) is 22.3. The molecule has 1 aliphatic carbocycles. The molecule has 0 unspecified atom stereocenters. The summed E-state index contributed by atoms with van der Waals surface area (Å²) < 4.78 is 5.77. The molecule has 2 N–H and O–H groups in total. The molecule has 0 atom stereocenters. The molecule has 7 nitrogen and oxygen atoms in total. The van der Waals surface area contributed by atoms with Crippen molar-refractivity contribution in [3.05, 3.63) is 76.2 Å². The number of benzene rings is 2. The Labute approximate surface area is 189 Å². The van der Waals surface area contributed by atoms with Gasteiger partial charge in [-0.3, -0.25) is 9.59 Å². The Morgan fingerprint density at radius 1 is 1.03 bits per heavy atom. The monoisotopic (exact) mass is 444 g/mol. The van der Waals surface area contributed by atoms with Gasteiger partial charge in [0.25, 0.3) is 0 Å². The van der Waals surface area contributed by atoms with Gasteiger partial charge in [-0.05, 0) is 61.1 Å². The molecule has 3 aromatic rings. The number of para-hydroxylation sites is 1. The lowest BCUT2D eigenvalue weighted by atomic mass is 9.96. The Kier molecular flexibility index (Phi) is 6.58. The topological polar surface area (TPSA) is 104 Å². The van der Waals surface area contributed by atoms with E-state index in [1.807, 2.05) is 36.4 Å². The molecule has 0 radical (unpaired) electrons. The molecule has 32 heavy (non-hydrogen) atoms. The maximum absolute atomic E-state index is 12.3. The Morgan fingerprint density at radius 2 is 1.81 bits per heavy atom. The lowest BCUT2D eigenvalue weighted by molar-refractivity contribution is -0.136. The fourth-order valence-electron chi connectivity index (χ4n) is 3.43. The minimum Gasteiger partial charge on any atom is -0.457 e. The van der Waals surface area contributed by atoms with Gasteiger partial charge in [0, 0.05) is 4.88 Å². The first-order valence-electron chi connectivity index (χ1n) is 10.2. The Morgan fingerprint density at radius 3 is 2.62 bits per heavy atom. The van der Waals surface area contributed by atoms with E-state index in [2.05, 4.69) is 21.9 Å². The third-order valence-corrected chi connectivity index (χ3v) is 6.14. The minimum absolute atomic E-state index is 0.425. The van der Waals surface area contributed by atoms with Crippen molar-refractivity contribution >= 4 is 34.4 Å². The Hall–Kier alpha value is -3.96. The van der Waals surface area contributed by atoms with Gasteiger partial charge in [0.15, 0.2) is 0 Å². The summed E-state index contributed by atoms with van der Waals surface area (Å²) in [5.41, 5.74) is 4.37. The number of nitrogens with zero attached hydrogens (tertiary/aromatic N) is 2. The summed E-state index contributed by atoms with van der Waals surface area (Å²) in [7, 11) is 0. The van der Waals surface area contributed by atoms with Crippen LogP contribution < -0.4 is 15.5 Å². The van der Waals surface area contributed by atoms with E-state index in [-0.39, 0.29) is 0 Å². The van der Waals surface area contributed by atoms with Crippen LogP contribution in [0, 0.1) is 11.3 Å². The zero-order valence-corrected chi connectivity index (χ0v) is 17.9. The van der Waals surface area contributed by atoms with Crippen LogP contribution in [0.2, 0.25) is 0 Å².